The highest BCUT2D eigenvalue weighted by atomic mass is 32.2. The number of nitrogens with zero attached hydrogens (tertiary/aromatic N) is 1. The summed E-state index contributed by atoms with van der Waals surface area (Å²) in [6, 6.07) is 0. The molecule has 0 aromatic carbocycles. The van der Waals surface area contributed by atoms with Crippen molar-refractivity contribution in [1.29, 1.82) is 0 Å². The lowest BCUT2D eigenvalue weighted by Crippen LogP contribution is -2.56. The summed E-state index contributed by atoms with van der Waals surface area (Å²) in [5, 5.41) is 0. The molecule has 5 nitrogen and oxygen atoms in total. The second-order valence-electron chi connectivity index (χ2n) is 4.22. The van der Waals surface area contributed by atoms with Crippen LogP contribution >= 0.6 is 0 Å². The van der Waals surface area contributed by atoms with Crippen molar-refractivity contribution in [2.75, 3.05) is 24.6 Å². The zero-order chi connectivity index (χ0) is 11.7. The van der Waals surface area contributed by atoms with Crippen molar-refractivity contribution in [3.8, 4) is 0 Å². The second kappa shape index (κ2) is 4.09. The summed E-state index contributed by atoms with van der Waals surface area (Å²) in [7, 11) is -2.94. The van der Waals surface area contributed by atoms with Crippen LogP contribution in [-0.2, 0) is 14.6 Å². The number of amides is 1. The van der Waals surface area contributed by atoms with Crippen molar-refractivity contribution >= 4 is 15.7 Å². The van der Waals surface area contributed by atoms with E-state index in [1.807, 2.05) is 6.92 Å². The Kier molecular flexibility index (Phi) is 3.40. The van der Waals surface area contributed by atoms with E-state index in [2.05, 4.69) is 0 Å². The van der Waals surface area contributed by atoms with Crippen molar-refractivity contribution < 1.29 is 13.2 Å². The van der Waals surface area contributed by atoms with Crippen molar-refractivity contribution in [3.05, 3.63) is 0 Å². The molecule has 0 aromatic heterocycles. The van der Waals surface area contributed by atoms with Gasteiger partial charge in [-0.2, -0.15) is 0 Å². The van der Waals surface area contributed by atoms with E-state index >= 15 is 0 Å². The average Bonchev–Trinajstić information content (AvgIpc) is 2.17. The molecule has 1 rings (SSSR count). The summed E-state index contributed by atoms with van der Waals surface area (Å²) in [5.41, 5.74) is 4.94. The fraction of sp³-hybridized carbons (Fsp3) is 0.889. The van der Waals surface area contributed by atoms with Gasteiger partial charge in [-0.1, -0.05) is 6.92 Å². The summed E-state index contributed by atoms with van der Waals surface area (Å²) in [6.45, 7) is 4.07. The molecule has 1 atom stereocenters. The minimum atomic E-state index is -2.94. The van der Waals surface area contributed by atoms with E-state index in [4.69, 9.17) is 5.73 Å². The van der Waals surface area contributed by atoms with E-state index in [1.54, 1.807) is 11.8 Å². The smallest absolute Gasteiger partial charge is 0.242 e. The van der Waals surface area contributed by atoms with Crippen LogP contribution in [0.5, 0.6) is 0 Å². The van der Waals surface area contributed by atoms with Crippen LogP contribution in [0.15, 0.2) is 0 Å². The van der Waals surface area contributed by atoms with Crippen LogP contribution in [0, 0.1) is 0 Å². The molecular formula is C9H18N2O3S. The van der Waals surface area contributed by atoms with Gasteiger partial charge < -0.3 is 10.6 Å². The minimum Gasteiger partial charge on any atom is -0.339 e. The van der Waals surface area contributed by atoms with Gasteiger partial charge in [-0.05, 0) is 13.3 Å². The molecular weight excluding hydrogens is 216 g/mol. The van der Waals surface area contributed by atoms with Crippen LogP contribution in [0.1, 0.15) is 20.3 Å². The Morgan fingerprint density at radius 3 is 2.27 bits per heavy atom. The highest BCUT2D eigenvalue weighted by Gasteiger charge is 2.33. The second-order valence-corrected chi connectivity index (χ2v) is 6.52. The fourth-order valence-electron chi connectivity index (χ4n) is 1.43. The topological polar surface area (TPSA) is 80.5 Å². The van der Waals surface area contributed by atoms with Gasteiger partial charge in [0.15, 0.2) is 9.84 Å². The molecule has 1 fully saturated rings. The molecule has 1 amide bonds. The summed E-state index contributed by atoms with van der Waals surface area (Å²) in [5.74, 6) is -0.0447. The van der Waals surface area contributed by atoms with Crippen LogP contribution in [0.2, 0.25) is 0 Å². The number of hydrogen-bond donors (Lipinski definition) is 1. The lowest BCUT2D eigenvalue weighted by molar-refractivity contribution is -0.136. The van der Waals surface area contributed by atoms with Crippen LogP contribution in [-0.4, -0.2) is 49.4 Å². The molecule has 0 aromatic rings. The van der Waals surface area contributed by atoms with Gasteiger partial charge in [0.2, 0.25) is 5.91 Å². The number of hydrogen-bond acceptors (Lipinski definition) is 4. The molecule has 6 heteroatoms. The quantitative estimate of drug-likeness (QED) is 0.690. The molecule has 1 heterocycles. The van der Waals surface area contributed by atoms with E-state index in [1.165, 1.54) is 0 Å². The molecule has 0 saturated carbocycles. The maximum absolute atomic E-state index is 11.9. The van der Waals surface area contributed by atoms with Gasteiger partial charge in [-0.3, -0.25) is 4.79 Å². The third-order valence-corrected chi connectivity index (χ3v) is 4.46. The zero-order valence-corrected chi connectivity index (χ0v) is 10.0. The first kappa shape index (κ1) is 12.4. The van der Waals surface area contributed by atoms with E-state index in [0.29, 0.717) is 6.42 Å². The summed E-state index contributed by atoms with van der Waals surface area (Å²) < 4.78 is 22.3. The Bertz CT molecular complexity index is 334. The average molecular weight is 234 g/mol. The molecule has 88 valence electrons. The number of carbonyl (C=O) groups is 1. The minimum absolute atomic E-state index is 0.0541. The van der Waals surface area contributed by atoms with Gasteiger partial charge >= 0.3 is 0 Å². The van der Waals surface area contributed by atoms with Gasteiger partial charge in [0.1, 0.15) is 0 Å². The van der Waals surface area contributed by atoms with Crippen LogP contribution < -0.4 is 5.73 Å². The Morgan fingerprint density at radius 2 is 1.87 bits per heavy atom. The van der Waals surface area contributed by atoms with Crippen molar-refractivity contribution in [1.82, 2.24) is 4.90 Å². The van der Waals surface area contributed by atoms with E-state index in [9.17, 15) is 13.2 Å². The molecule has 0 spiro atoms. The standard InChI is InChI=1S/C9H18N2O3S/c1-3-9(2,10)8(12)11-4-6-15(13,14)7-5-11/h3-7,10H2,1-2H3. The summed E-state index contributed by atoms with van der Waals surface area (Å²) in [4.78, 5) is 13.4. The number of nitrogens with two attached hydrogens (primary N) is 1. The largest absolute Gasteiger partial charge is 0.339 e. The Hall–Kier alpha value is -0.620. The number of carbonyl (C=O) groups excluding carboxylic acids is 1. The van der Waals surface area contributed by atoms with Gasteiger partial charge in [-0.15, -0.1) is 0 Å². The van der Waals surface area contributed by atoms with E-state index in [0.717, 1.165) is 0 Å². The highest BCUT2D eigenvalue weighted by molar-refractivity contribution is 7.91. The SMILES string of the molecule is CCC(C)(N)C(=O)N1CCS(=O)(=O)CC1. The van der Waals surface area contributed by atoms with Gasteiger partial charge in [0.25, 0.3) is 0 Å². The lowest BCUT2D eigenvalue weighted by atomic mass is 9.98. The normalized spacial score (nSPS) is 24.6. The Labute approximate surface area is 90.5 Å². The number of rotatable bonds is 2. The molecule has 15 heavy (non-hydrogen) atoms. The van der Waals surface area contributed by atoms with Gasteiger partial charge in [0.05, 0.1) is 17.0 Å². The van der Waals surface area contributed by atoms with Gasteiger partial charge in [0, 0.05) is 13.1 Å². The third kappa shape index (κ3) is 2.92. The highest BCUT2D eigenvalue weighted by Crippen LogP contribution is 2.13. The van der Waals surface area contributed by atoms with Gasteiger partial charge in [-0.25, -0.2) is 8.42 Å². The first-order chi connectivity index (χ1) is 6.78. The molecule has 1 aliphatic heterocycles. The molecule has 1 unspecified atom stereocenters. The maximum atomic E-state index is 11.9. The first-order valence-corrected chi connectivity index (χ1v) is 6.89. The first-order valence-electron chi connectivity index (χ1n) is 5.07. The van der Waals surface area contributed by atoms with E-state index in [-0.39, 0.29) is 30.5 Å². The van der Waals surface area contributed by atoms with Crippen molar-refractivity contribution in [3.63, 3.8) is 0 Å². The van der Waals surface area contributed by atoms with Crippen LogP contribution in [0.3, 0.4) is 0 Å². The monoisotopic (exact) mass is 234 g/mol. The summed E-state index contributed by atoms with van der Waals surface area (Å²) in [6.07, 6.45) is 0.551. The Balaban J connectivity index is 2.65. The lowest BCUT2D eigenvalue weighted by Gasteiger charge is -2.33. The predicted molar refractivity (Wildman–Crippen MR) is 58.1 cm³/mol. The third-order valence-electron chi connectivity index (χ3n) is 2.85. The van der Waals surface area contributed by atoms with Crippen LogP contribution in [0.25, 0.3) is 0 Å². The van der Waals surface area contributed by atoms with Crippen LogP contribution in [0.4, 0.5) is 0 Å². The molecule has 0 bridgehead atoms. The fourth-order valence-corrected chi connectivity index (χ4v) is 2.63. The summed E-state index contributed by atoms with van der Waals surface area (Å²) >= 11 is 0. The van der Waals surface area contributed by atoms with Crippen molar-refractivity contribution in [2.45, 2.75) is 25.8 Å². The zero-order valence-electron chi connectivity index (χ0n) is 9.19. The predicted octanol–water partition coefficient (Wildman–Crippen LogP) is -0.629. The molecule has 2 N–H and O–H groups in total. The van der Waals surface area contributed by atoms with Crippen molar-refractivity contribution in [2.24, 2.45) is 5.73 Å². The maximum Gasteiger partial charge on any atom is 0.242 e. The van der Waals surface area contributed by atoms with E-state index < -0.39 is 15.4 Å². The Morgan fingerprint density at radius 1 is 1.40 bits per heavy atom. The number of sulfone groups is 1. The molecule has 1 saturated heterocycles. The molecule has 0 radical (unpaired) electrons. The molecule has 1 aliphatic rings. The molecule has 0 aliphatic carbocycles.